The number of carbonyl (C=O) groups excluding carboxylic acids is 2. The molecule has 0 saturated carbocycles. The van der Waals surface area contributed by atoms with E-state index >= 15 is 0 Å². The second-order valence-electron chi connectivity index (χ2n) is 17.3. The molecule has 2 rings (SSSR count). The molecule has 0 aliphatic carbocycles. The summed E-state index contributed by atoms with van der Waals surface area (Å²) in [7, 11) is 0. The van der Waals surface area contributed by atoms with Crippen molar-refractivity contribution in [3.8, 4) is 0 Å². The van der Waals surface area contributed by atoms with Gasteiger partial charge in [0, 0.05) is 12.8 Å². The molecule has 0 aromatic carbocycles. The Labute approximate surface area is 394 Å². The first-order chi connectivity index (χ1) is 32.0. The van der Waals surface area contributed by atoms with E-state index in [9.17, 15) is 45.3 Å². The number of esters is 2. The standard InChI is InChI=1S/C51H86O15/c1-3-5-7-9-11-13-15-17-19-21-23-25-27-29-31-33-42(53)61-36-39(64-43(54)34-32-30-28-26-24-22-20-18-16-14-12-10-8-6-4-2)37-62-50-49(60)47(58)45(56)41(66-50)38-63-51-48(59)46(57)44(55)40(35-52)65-51/h6,8,10,12,14,16,18,20,23,25,39-41,44-52,55-60H,3-5,7,9,11,13,15,17,19,21-22,24,26-38H2,1-2H3/b8-6+,12-10+,16-14+,20-18+,25-23+/t39-,40-,41-,44+,45+,46?,47?,48?,49?,50-,51-/m1/s1. The van der Waals surface area contributed by atoms with Crippen LogP contribution in [0.25, 0.3) is 0 Å². The fraction of sp³-hybridized carbons (Fsp3) is 0.765. The Balaban J connectivity index is 1.85. The smallest absolute Gasteiger partial charge is 0.306 e. The Kier molecular flexibility index (Phi) is 34.2. The molecule has 11 atom stereocenters. The van der Waals surface area contributed by atoms with Crippen molar-refractivity contribution < 1.29 is 73.8 Å². The molecule has 66 heavy (non-hydrogen) atoms. The van der Waals surface area contributed by atoms with Crippen molar-refractivity contribution >= 4 is 11.9 Å². The Hall–Kier alpha value is -2.80. The summed E-state index contributed by atoms with van der Waals surface area (Å²) in [6, 6.07) is 0. The van der Waals surface area contributed by atoms with E-state index in [0.717, 1.165) is 57.8 Å². The van der Waals surface area contributed by atoms with Crippen molar-refractivity contribution in [1.29, 1.82) is 0 Å². The fourth-order valence-electron chi connectivity index (χ4n) is 7.46. The van der Waals surface area contributed by atoms with Gasteiger partial charge in [-0.2, -0.15) is 0 Å². The number of aliphatic hydroxyl groups is 7. The van der Waals surface area contributed by atoms with Crippen LogP contribution in [0.5, 0.6) is 0 Å². The molecule has 380 valence electrons. The maximum absolute atomic E-state index is 13.0. The first kappa shape index (κ1) is 59.3. The summed E-state index contributed by atoms with van der Waals surface area (Å²) in [4.78, 5) is 25.7. The van der Waals surface area contributed by atoms with E-state index in [0.29, 0.717) is 12.8 Å². The average Bonchev–Trinajstić information content (AvgIpc) is 3.31. The van der Waals surface area contributed by atoms with Gasteiger partial charge in [-0.25, -0.2) is 0 Å². The third-order valence-corrected chi connectivity index (χ3v) is 11.6. The quantitative estimate of drug-likeness (QED) is 0.0153. The van der Waals surface area contributed by atoms with Crippen molar-refractivity contribution in [3.63, 3.8) is 0 Å². The van der Waals surface area contributed by atoms with Crippen LogP contribution in [-0.2, 0) is 38.0 Å². The van der Waals surface area contributed by atoms with Crippen LogP contribution in [0.4, 0.5) is 0 Å². The second-order valence-corrected chi connectivity index (χ2v) is 17.3. The maximum Gasteiger partial charge on any atom is 0.306 e. The van der Waals surface area contributed by atoms with E-state index in [1.807, 2.05) is 36.5 Å². The number of allylic oxidation sites excluding steroid dienone is 10. The molecule has 2 fully saturated rings. The Morgan fingerprint density at radius 3 is 1.58 bits per heavy atom. The molecular weight excluding hydrogens is 853 g/mol. The number of carbonyl (C=O) groups is 2. The number of unbranched alkanes of at least 4 members (excludes halogenated alkanes) is 16. The highest BCUT2D eigenvalue weighted by Crippen LogP contribution is 2.26. The molecular formula is C51H86O15. The molecule has 15 heteroatoms. The average molecular weight is 939 g/mol. The Morgan fingerprint density at radius 1 is 0.500 bits per heavy atom. The summed E-state index contributed by atoms with van der Waals surface area (Å²) in [5.74, 6) is -0.982. The van der Waals surface area contributed by atoms with E-state index in [1.54, 1.807) is 0 Å². The number of rotatable bonds is 37. The second kappa shape index (κ2) is 38.1. The Morgan fingerprint density at radius 2 is 0.970 bits per heavy atom. The highest BCUT2D eigenvalue weighted by molar-refractivity contribution is 5.70. The third kappa shape index (κ3) is 26.1. The minimum atomic E-state index is -1.77. The van der Waals surface area contributed by atoms with Crippen molar-refractivity contribution in [1.82, 2.24) is 0 Å². The van der Waals surface area contributed by atoms with Crippen LogP contribution >= 0.6 is 0 Å². The first-order valence-corrected chi connectivity index (χ1v) is 24.9. The minimum Gasteiger partial charge on any atom is -0.462 e. The third-order valence-electron chi connectivity index (χ3n) is 11.6. The molecule has 0 amide bonds. The van der Waals surface area contributed by atoms with Gasteiger partial charge in [0.05, 0.1) is 19.8 Å². The zero-order valence-corrected chi connectivity index (χ0v) is 39.9. The normalized spacial score (nSPS) is 26.7. The van der Waals surface area contributed by atoms with Crippen LogP contribution in [0.15, 0.2) is 60.8 Å². The van der Waals surface area contributed by atoms with Crippen LogP contribution < -0.4 is 0 Å². The van der Waals surface area contributed by atoms with Gasteiger partial charge in [0.15, 0.2) is 18.7 Å². The number of ether oxygens (including phenoxy) is 6. The van der Waals surface area contributed by atoms with Gasteiger partial charge in [0.1, 0.15) is 55.4 Å². The molecule has 15 nitrogen and oxygen atoms in total. The van der Waals surface area contributed by atoms with Gasteiger partial charge in [0.2, 0.25) is 0 Å². The van der Waals surface area contributed by atoms with Crippen LogP contribution in [0.2, 0.25) is 0 Å². The number of aliphatic hydroxyl groups excluding tert-OH is 7. The van der Waals surface area contributed by atoms with Crippen LogP contribution in [0.3, 0.4) is 0 Å². The maximum atomic E-state index is 13.0. The molecule has 0 spiro atoms. The van der Waals surface area contributed by atoms with Gasteiger partial charge in [-0.15, -0.1) is 0 Å². The van der Waals surface area contributed by atoms with Gasteiger partial charge in [-0.1, -0.05) is 145 Å². The number of hydrogen-bond acceptors (Lipinski definition) is 15. The summed E-state index contributed by atoms with van der Waals surface area (Å²) < 4.78 is 33.5. The SMILES string of the molecule is CC/C=C/C=C/C=C/C=C/CCCCCCCC(=O)O[C@H](COC(=O)CCCC/C=C/CCCCCCCCCCC)CO[C@@H]1O[C@H](CO[C@@H]2O[C@H](CO)[C@H](O)C(O)C2O)[C@H](O)C(O)C1O. The van der Waals surface area contributed by atoms with Crippen molar-refractivity contribution in [2.75, 3.05) is 26.4 Å². The Bertz CT molecular complexity index is 1380. The van der Waals surface area contributed by atoms with E-state index in [-0.39, 0.29) is 19.4 Å². The molecule has 4 unspecified atom stereocenters. The molecule has 2 aliphatic rings. The monoisotopic (exact) mass is 939 g/mol. The summed E-state index contributed by atoms with van der Waals surface area (Å²) in [6.45, 7) is 2.39. The van der Waals surface area contributed by atoms with Crippen molar-refractivity contribution in [3.05, 3.63) is 60.8 Å². The minimum absolute atomic E-state index is 0.133. The van der Waals surface area contributed by atoms with Crippen molar-refractivity contribution in [2.24, 2.45) is 0 Å². The molecule has 0 aromatic rings. The summed E-state index contributed by atoms with van der Waals surface area (Å²) in [5.41, 5.74) is 0. The molecule has 0 aromatic heterocycles. The molecule has 7 N–H and O–H groups in total. The summed E-state index contributed by atoms with van der Waals surface area (Å²) in [5, 5.41) is 72.0. The molecule has 2 heterocycles. The lowest BCUT2D eigenvalue weighted by atomic mass is 9.98. The van der Waals surface area contributed by atoms with Gasteiger partial charge in [-0.3, -0.25) is 9.59 Å². The topological polar surface area (TPSA) is 231 Å². The molecule has 2 saturated heterocycles. The highest BCUT2D eigenvalue weighted by atomic mass is 16.7. The van der Waals surface area contributed by atoms with Crippen LogP contribution in [0, 0.1) is 0 Å². The van der Waals surface area contributed by atoms with E-state index in [2.05, 4.69) is 38.2 Å². The van der Waals surface area contributed by atoms with Crippen LogP contribution in [-0.4, -0.2) is 142 Å². The predicted octanol–water partition coefficient (Wildman–Crippen LogP) is 6.49. The zero-order chi connectivity index (χ0) is 48.2. The van der Waals surface area contributed by atoms with E-state index in [4.69, 9.17) is 28.4 Å². The number of hydrogen-bond donors (Lipinski definition) is 7. The zero-order valence-electron chi connectivity index (χ0n) is 39.9. The van der Waals surface area contributed by atoms with Gasteiger partial charge in [0.25, 0.3) is 0 Å². The van der Waals surface area contributed by atoms with Crippen molar-refractivity contribution in [2.45, 2.75) is 223 Å². The van der Waals surface area contributed by atoms with E-state index < -0.39 is 99.3 Å². The highest BCUT2D eigenvalue weighted by Gasteiger charge is 2.47. The van der Waals surface area contributed by atoms with Gasteiger partial charge >= 0.3 is 11.9 Å². The molecule has 2 aliphatic heterocycles. The predicted molar refractivity (Wildman–Crippen MR) is 252 cm³/mol. The molecule has 0 radical (unpaired) electrons. The fourth-order valence-corrected chi connectivity index (χ4v) is 7.46. The lowest BCUT2D eigenvalue weighted by Gasteiger charge is -2.42. The van der Waals surface area contributed by atoms with Gasteiger partial charge in [-0.05, 0) is 57.8 Å². The summed E-state index contributed by atoms with van der Waals surface area (Å²) in [6.07, 6.45) is 25.4. The summed E-state index contributed by atoms with van der Waals surface area (Å²) >= 11 is 0. The lowest BCUT2D eigenvalue weighted by molar-refractivity contribution is -0.332. The van der Waals surface area contributed by atoms with Crippen LogP contribution in [0.1, 0.15) is 155 Å². The first-order valence-electron chi connectivity index (χ1n) is 24.9. The van der Waals surface area contributed by atoms with Gasteiger partial charge < -0.3 is 64.2 Å². The lowest BCUT2D eigenvalue weighted by Crippen LogP contribution is -2.61. The largest absolute Gasteiger partial charge is 0.462 e. The van der Waals surface area contributed by atoms with E-state index in [1.165, 1.54) is 57.8 Å². The molecule has 0 bridgehead atoms.